The van der Waals surface area contributed by atoms with Crippen molar-refractivity contribution in [1.82, 2.24) is 5.32 Å². The van der Waals surface area contributed by atoms with Gasteiger partial charge in [0.2, 0.25) is 17.6 Å². The highest BCUT2D eigenvalue weighted by Gasteiger charge is 2.24. The Hall–Kier alpha value is -2.57. The fourth-order valence-corrected chi connectivity index (χ4v) is 3.16. The van der Waals surface area contributed by atoms with Crippen molar-refractivity contribution >= 4 is 17.6 Å². The number of rotatable bonds is 11. The van der Waals surface area contributed by atoms with Gasteiger partial charge in [0.05, 0.1) is 11.0 Å². The summed E-state index contributed by atoms with van der Waals surface area (Å²) in [5, 5.41) is 9.88. The molecule has 0 radical (unpaired) electrons. The fourth-order valence-electron chi connectivity index (χ4n) is 2.66. The molecule has 0 aliphatic rings. The molecular weight excluding hydrogens is 480 g/mol. The van der Waals surface area contributed by atoms with Gasteiger partial charge < -0.3 is 10.1 Å². The van der Waals surface area contributed by atoms with Crippen LogP contribution >= 0.6 is 11.2 Å². The van der Waals surface area contributed by atoms with Crippen LogP contribution in [0, 0.1) is 30.0 Å². The summed E-state index contributed by atoms with van der Waals surface area (Å²) < 4.78 is 56.7. The lowest BCUT2D eigenvalue weighted by molar-refractivity contribution is -0.109. The van der Waals surface area contributed by atoms with Crippen LogP contribution in [0.2, 0.25) is 0 Å². The minimum Gasteiger partial charge on any atom is -0.381 e. The summed E-state index contributed by atoms with van der Waals surface area (Å²) in [6, 6.07) is 11.1. The van der Waals surface area contributed by atoms with Gasteiger partial charge in [-0.3, -0.25) is 4.79 Å². The lowest BCUT2D eigenvalue weighted by atomic mass is 10.0. The summed E-state index contributed by atoms with van der Waals surface area (Å²) in [4.78, 5) is 8.65. The Balaban J connectivity index is 0.000000580. The first-order chi connectivity index (χ1) is 16.6. The molecule has 35 heavy (non-hydrogen) atoms. The molecule has 2 aromatic carbocycles. The summed E-state index contributed by atoms with van der Waals surface area (Å²) in [6.45, 7) is 10.3. The monoisotopic (exact) mass is 516 g/mol. The largest absolute Gasteiger partial charge is 0.381 e. The maximum absolute atomic E-state index is 13.4. The zero-order valence-electron chi connectivity index (χ0n) is 20.8. The lowest BCUT2D eigenvalue weighted by Crippen LogP contribution is -2.09. The average Bonchev–Trinajstić information content (AvgIpc) is 2.84. The van der Waals surface area contributed by atoms with Gasteiger partial charge in [-0.25, -0.2) is 4.39 Å². The molecule has 1 N–H and O–H groups in total. The molecule has 1 amide bonds. The van der Waals surface area contributed by atoms with E-state index >= 15 is 0 Å². The highest BCUT2D eigenvalue weighted by Crippen LogP contribution is 2.60. The van der Waals surface area contributed by atoms with Crippen molar-refractivity contribution in [1.29, 1.82) is 5.26 Å². The number of ether oxygens (including phenoxy) is 1. The smallest absolute Gasteiger partial charge is 0.237 e. The maximum Gasteiger partial charge on any atom is 0.237 e. The van der Waals surface area contributed by atoms with Crippen LogP contribution < -0.4 is 5.32 Å². The normalized spacial score (nSPS) is 11.6. The topological polar surface area (TPSA) is 62.1 Å². The molecule has 0 aromatic heterocycles. The number of nitrogens with zero attached hydrogens (tertiary/aromatic N) is 1. The van der Waals surface area contributed by atoms with Crippen LogP contribution in [0.25, 0.3) is 11.1 Å². The second-order valence-corrected chi connectivity index (χ2v) is 9.11. The zero-order valence-corrected chi connectivity index (χ0v) is 21.6. The summed E-state index contributed by atoms with van der Waals surface area (Å²) in [7, 11) is 0. The van der Waals surface area contributed by atoms with Gasteiger partial charge in [0.1, 0.15) is 12.4 Å². The van der Waals surface area contributed by atoms with E-state index in [0.717, 1.165) is 37.7 Å². The molecule has 1 atom stereocenters. The molecule has 0 fully saturated rings. The molecule has 196 valence electrons. The summed E-state index contributed by atoms with van der Waals surface area (Å²) in [5.41, 5.74) is 1.29. The molecule has 0 spiro atoms. The summed E-state index contributed by atoms with van der Waals surface area (Å²) >= 11 is -5.25. The summed E-state index contributed by atoms with van der Waals surface area (Å²) in [5.74, 6) is 0.456. The molecule has 2 rings (SSSR count). The molecule has 0 aliphatic carbocycles. The Kier molecular flexibility index (Phi) is 17.3. The third kappa shape index (κ3) is 15.1. The molecule has 2 aromatic rings. The van der Waals surface area contributed by atoms with Gasteiger partial charge in [0.15, 0.2) is 0 Å². The van der Waals surface area contributed by atoms with Crippen molar-refractivity contribution < 1.29 is 25.6 Å². The molecule has 1 unspecified atom stereocenters. The second-order valence-electron chi connectivity index (χ2n) is 7.82. The number of aryl methyl sites for hydroxylation is 1. The third-order valence-electron chi connectivity index (χ3n) is 4.90. The number of nitriles is 1. The minimum absolute atomic E-state index is 0.101. The molecule has 0 bridgehead atoms. The van der Waals surface area contributed by atoms with Gasteiger partial charge in [0, 0.05) is 13.2 Å². The van der Waals surface area contributed by atoms with Crippen LogP contribution in [0.3, 0.4) is 0 Å². The van der Waals surface area contributed by atoms with Crippen molar-refractivity contribution in [2.45, 2.75) is 58.3 Å². The van der Waals surface area contributed by atoms with Crippen LogP contribution in [0.4, 0.5) is 16.0 Å². The number of nitrogens with one attached hydrogen (secondary N) is 1. The average molecular weight is 517 g/mol. The molecule has 0 aliphatic heterocycles. The number of benzene rings is 2. The fraction of sp³-hybridized carbons (Fsp3) is 0.462. The van der Waals surface area contributed by atoms with Crippen molar-refractivity contribution in [3.63, 3.8) is 0 Å². The molecule has 9 heteroatoms. The van der Waals surface area contributed by atoms with Crippen molar-refractivity contribution in [2.75, 3.05) is 19.8 Å². The standard InChI is InChI=1S/C13H10F4S.C10H22O.C3H4N2O/c1-9-5-6-11(8-13(9)14)10-3-2-4-12(7-10)18(15,16)17;1-4-8-11-9-6-7-10(3)5-2;4-1-2-5-3-6/h2-8H,1H3;10H,4-9H2,1-3H3;3H,2H2,(H,5,6). The number of carbonyl (C=O) groups is 1. The third-order valence-corrected chi connectivity index (χ3v) is 5.69. The Bertz CT molecular complexity index is 902. The van der Waals surface area contributed by atoms with E-state index in [4.69, 9.17) is 10.00 Å². The van der Waals surface area contributed by atoms with E-state index in [2.05, 4.69) is 26.1 Å². The first-order valence-corrected chi connectivity index (χ1v) is 12.8. The van der Waals surface area contributed by atoms with E-state index in [9.17, 15) is 20.8 Å². The van der Waals surface area contributed by atoms with E-state index < -0.39 is 21.9 Å². The number of hydrogen-bond acceptors (Lipinski definition) is 3. The van der Waals surface area contributed by atoms with Crippen molar-refractivity contribution in [2.24, 2.45) is 5.92 Å². The van der Waals surface area contributed by atoms with E-state index in [-0.39, 0.29) is 6.54 Å². The Morgan fingerprint density at radius 1 is 1.11 bits per heavy atom. The van der Waals surface area contributed by atoms with Crippen LogP contribution in [-0.4, -0.2) is 26.2 Å². The second kappa shape index (κ2) is 18.7. The zero-order chi connectivity index (χ0) is 26.7. The van der Waals surface area contributed by atoms with Crippen molar-refractivity contribution in [3.8, 4) is 17.2 Å². The van der Waals surface area contributed by atoms with Crippen molar-refractivity contribution in [3.05, 3.63) is 53.8 Å². The van der Waals surface area contributed by atoms with Gasteiger partial charge >= 0.3 is 0 Å². The first kappa shape index (κ1) is 32.4. The number of carbonyl (C=O) groups excluding carboxylic acids is 1. The Morgan fingerprint density at radius 2 is 1.80 bits per heavy atom. The quantitative estimate of drug-likeness (QED) is 0.142. The van der Waals surface area contributed by atoms with E-state index in [1.165, 1.54) is 31.4 Å². The predicted octanol–water partition coefficient (Wildman–Crippen LogP) is 8.11. The van der Waals surface area contributed by atoms with Crippen LogP contribution in [0.15, 0.2) is 47.4 Å². The molecule has 4 nitrogen and oxygen atoms in total. The maximum atomic E-state index is 13.4. The van der Waals surface area contributed by atoms with E-state index in [1.807, 2.05) is 0 Å². The van der Waals surface area contributed by atoms with E-state index in [0.29, 0.717) is 23.1 Å². The molecule has 0 saturated heterocycles. The molecular formula is C26H36F4N2O2S. The van der Waals surface area contributed by atoms with Crippen LogP contribution in [0.5, 0.6) is 0 Å². The first-order valence-electron chi connectivity index (χ1n) is 11.5. The van der Waals surface area contributed by atoms with Gasteiger partial charge in [-0.15, -0.1) is 11.7 Å². The van der Waals surface area contributed by atoms with Gasteiger partial charge in [-0.2, -0.15) is 5.26 Å². The lowest BCUT2D eigenvalue weighted by Gasteiger charge is -2.11. The number of amides is 1. The molecule has 0 saturated carbocycles. The molecule has 0 heterocycles. The Labute approximate surface area is 208 Å². The number of hydrogen-bond donors (Lipinski definition) is 1. The minimum atomic E-state index is -5.25. The predicted molar refractivity (Wildman–Crippen MR) is 135 cm³/mol. The summed E-state index contributed by atoms with van der Waals surface area (Å²) in [6.07, 6.45) is 5.48. The van der Waals surface area contributed by atoms with Crippen LogP contribution in [-0.2, 0) is 9.53 Å². The van der Waals surface area contributed by atoms with Crippen LogP contribution in [0.1, 0.15) is 52.0 Å². The van der Waals surface area contributed by atoms with E-state index in [1.54, 1.807) is 31.2 Å². The van der Waals surface area contributed by atoms with Gasteiger partial charge in [0.25, 0.3) is 0 Å². The highest BCUT2D eigenvalue weighted by molar-refractivity contribution is 8.20. The van der Waals surface area contributed by atoms with Gasteiger partial charge in [-0.05, 0) is 67.0 Å². The SMILES string of the molecule is CCCOCCCC(C)CC.Cc1ccc(-c2cccc(S(F)(F)F)c2)cc1F.N#CCNC=O. The highest BCUT2D eigenvalue weighted by atomic mass is 32.3. The Morgan fingerprint density at radius 3 is 2.31 bits per heavy atom. The van der Waals surface area contributed by atoms with Gasteiger partial charge in [-0.1, -0.05) is 51.5 Å². The number of halogens is 4.